The number of thioether (sulfide) groups is 1. The number of unbranched alkanes of at least 4 members (excludes halogenated alkanes) is 2. The molecule has 0 saturated carbocycles. The van der Waals surface area contributed by atoms with Crippen molar-refractivity contribution in [2.24, 2.45) is 0 Å². The average Bonchev–Trinajstić information content (AvgIpc) is 2.41. The molecule has 0 aromatic heterocycles. The Balaban J connectivity index is 2.59. The van der Waals surface area contributed by atoms with E-state index >= 15 is 0 Å². The zero-order valence-electron chi connectivity index (χ0n) is 11.4. The second kappa shape index (κ2) is 9.89. The van der Waals surface area contributed by atoms with Gasteiger partial charge in [0.25, 0.3) is 0 Å². The molecule has 0 atom stereocenters. The van der Waals surface area contributed by atoms with Crippen LogP contribution in [0, 0.1) is 17.7 Å². The minimum absolute atomic E-state index is 0.0451. The van der Waals surface area contributed by atoms with E-state index in [4.69, 9.17) is 5.11 Å². The minimum atomic E-state index is -0.256. The normalized spacial score (nSPS) is 10.1. The molecule has 1 rings (SSSR count). The Hall–Kier alpha value is -0.980. The Morgan fingerprint density at radius 1 is 1.32 bits per heavy atom. The first-order valence-corrected chi connectivity index (χ1v) is 7.89. The van der Waals surface area contributed by atoms with Crippen LogP contribution >= 0.6 is 11.8 Å². The Labute approximate surface area is 119 Å². The molecule has 1 aromatic carbocycles. The molecule has 0 fully saturated rings. The summed E-state index contributed by atoms with van der Waals surface area (Å²) in [6.45, 7) is 2.24. The predicted octanol–water partition coefficient (Wildman–Crippen LogP) is 3.98. The van der Waals surface area contributed by atoms with Crippen LogP contribution in [0.5, 0.6) is 0 Å². The third kappa shape index (κ3) is 6.66. The van der Waals surface area contributed by atoms with E-state index in [1.54, 1.807) is 0 Å². The molecule has 0 aliphatic carbocycles. The highest BCUT2D eigenvalue weighted by Gasteiger charge is 2.02. The van der Waals surface area contributed by atoms with Gasteiger partial charge in [-0.1, -0.05) is 37.7 Å². The van der Waals surface area contributed by atoms with Crippen LogP contribution in [-0.2, 0) is 5.75 Å². The zero-order valence-corrected chi connectivity index (χ0v) is 12.2. The van der Waals surface area contributed by atoms with E-state index in [9.17, 15) is 4.39 Å². The predicted molar refractivity (Wildman–Crippen MR) is 80.7 cm³/mol. The molecule has 3 heteroatoms. The molecule has 104 valence electrons. The van der Waals surface area contributed by atoms with Crippen molar-refractivity contribution in [3.63, 3.8) is 0 Å². The van der Waals surface area contributed by atoms with E-state index in [0.29, 0.717) is 6.42 Å². The fraction of sp³-hybridized carbons (Fsp3) is 0.500. The summed E-state index contributed by atoms with van der Waals surface area (Å²) in [6.07, 6.45) is 4.15. The van der Waals surface area contributed by atoms with Gasteiger partial charge in [-0.3, -0.25) is 0 Å². The van der Waals surface area contributed by atoms with Gasteiger partial charge in [-0.15, -0.1) is 0 Å². The number of hydrogen-bond donors (Lipinski definition) is 1. The van der Waals surface area contributed by atoms with Crippen molar-refractivity contribution < 1.29 is 9.50 Å². The summed E-state index contributed by atoms with van der Waals surface area (Å²) in [5, 5.41) is 8.71. The topological polar surface area (TPSA) is 20.2 Å². The largest absolute Gasteiger partial charge is 0.395 e. The lowest BCUT2D eigenvalue weighted by molar-refractivity contribution is 0.305. The maximum absolute atomic E-state index is 13.2. The molecule has 1 N–H and O–H groups in total. The molecule has 19 heavy (non-hydrogen) atoms. The number of aliphatic hydroxyl groups is 1. The fourth-order valence-corrected chi connectivity index (χ4v) is 2.67. The first-order chi connectivity index (χ1) is 9.27. The van der Waals surface area contributed by atoms with Gasteiger partial charge in [-0.25, -0.2) is 4.39 Å². The van der Waals surface area contributed by atoms with Crippen LogP contribution in [0.2, 0.25) is 0 Å². The van der Waals surface area contributed by atoms with Crippen molar-refractivity contribution in [3.8, 4) is 11.8 Å². The van der Waals surface area contributed by atoms with Gasteiger partial charge in [0, 0.05) is 17.7 Å². The zero-order chi connectivity index (χ0) is 13.9. The molecule has 0 aliphatic rings. The number of halogens is 1. The van der Waals surface area contributed by atoms with Crippen LogP contribution in [0.15, 0.2) is 18.2 Å². The Morgan fingerprint density at radius 3 is 2.89 bits per heavy atom. The van der Waals surface area contributed by atoms with Gasteiger partial charge in [-0.05, 0) is 29.9 Å². The molecule has 0 saturated heterocycles. The van der Waals surface area contributed by atoms with Gasteiger partial charge < -0.3 is 5.11 Å². The first kappa shape index (κ1) is 16.1. The van der Waals surface area contributed by atoms with Crippen molar-refractivity contribution in [2.75, 3.05) is 12.4 Å². The summed E-state index contributed by atoms with van der Waals surface area (Å²) in [5.74, 6) is 7.54. The van der Waals surface area contributed by atoms with Crippen LogP contribution in [0.3, 0.4) is 0 Å². The molecular weight excluding hydrogens is 259 g/mol. The molecule has 0 aliphatic heterocycles. The van der Waals surface area contributed by atoms with Crippen molar-refractivity contribution in [1.29, 1.82) is 0 Å². The summed E-state index contributed by atoms with van der Waals surface area (Å²) in [5.41, 5.74) is 1.82. The summed E-state index contributed by atoms with van der Waals surface area (Å²) in [6, 6.07) is 4.77. The van der Waals surface area contributed by atoms with Crippen molar-refractivity contribution in [2.45, 2.75) is 38.4 Å². The van der Waals surface area contributed by atoms with Gasteiger partial charge >= 0.3 is 0 Å². The minimum Gasteiger partial charge on any atom is -0.395 e. The highest BCUT2D eigenvalue weighted by Crippen LogP contribution is 2.18. The number of aliphatic hydroxyl groups excluding tert-OH is 1. The number of rotatable bonds is 7. The van der Waals surface area contributed by atoms with Crippen molar-refractivity contribution in [1.82, 2.24) is 0 Å². The number of benzene rings is 1. The van der Waals surface area contributed by atoms with Gasteiger partial charge in [0.15, 0.2) is 0 Å². The summed E-state index contributed by atoms with van der Waals surface area (Å²) in [7, 11) is 0. The van der Waals surface area contributed by atoms with E-state index in [-0.39, 0.29) is 12.4 Å². The Kier molecular flexibility index (Phi) is 8.36. The molecule has 0 unspecified atom stereocenters. The number of hydrogen-bond acceptors (Lipinski definition) is 2. The highest BCUT2D eigenvalue weighted by molar-refractivity contribution is 7.98. The lowest BCUT2D eigenvalue weighted by Crippen LogP contribution is -1.91. The first-order valence-electron chi connectivity index (χ1n) is 6.73. The molecule has 1 aromatic rings. The van der Waals surface area contributed by atoms with Crippen molar-refractivity contribution in [3.05, 3.63) is 35.1 Å². The van der Waals surface area contributed by atoms with Gasteiger partial charge in [0.05, 0.1) is 6.61 Å². The SMILES string of the molecule is CCCCCSCc1ccc(F)cc1C#CCCO. The Bertz CT molecular complexity index is 434. The van der Waals surface area contributed by atoms with Crippen LogP contribution < -0.4 is 0 Å². The molecular formula is C16H21FOS. The summed E-state index contributed by atoms with van der Waals surface area (Å²) >= 11 is 1.87. The van der Waals surface area contributed by atoms with E-state index < -0.39 is 0 Å². The van der Waals surface area contributed by atoms with Crippen molar-refractivity contribution >= 4 is 11.8 Å². The molecule has 0 amide bonds. The smallest absolute Gasteiger partial charge is 0.124 e. The maximum atomic E-state index is 13.2. The van der Waals surface area contributed by atoms with E-state index in [1.807, 2.05) is 17.8 Å². The average molecular weight is 280 g/mol. The molecule has 0 radical (unpaired) electrons. The molecule has 0 bridgehead atoms. The summed E-state index contributed by atoms with van der Waals surface area (Å²) < 4.78 is 13.2. The second-order valence-corrected chi connectivity index (χ2v) is 5.44. The third-order valence-electron chi connectivity index (χ3n) is 2.68. The molecule has 0 spiro atoms. The standard InChI is InChI=1S/C16H21FOS/c1-2-3-6-11-19-13-15-8-9-16(17)12-14(15)7-4-5-10-18/h8-9,12,18H,2-3,5-6,10-11,13H2,1H3. The van der Waals surface area contributed by atoms with Crippen LogP contribution in [0.4, 0.5) is 4.39 Å². The molecule has 1 nitrogen and oxygen atoms in total. The third-order valence-corrected chi connectivity index (χ3v) is 3.77. The lowest BCUT2D eigenvalue weighted by atomic mass is 10.1. The van der Waals surface area contributed by atoms with E-state index in [1.165, 1.54) is 31.4 Å². The highest BCUT2D eigenvalue weighted by atomic mass is 32.2. The monoisotopic (exact) mass is 280 g/mol. The second-order valence-electron chi connectivity index (χ2n) is 4.34. The van der Waals surface area contributed by atoms with E-state index in [0.717, 1.165) is 22.6 Å². The maximum Gasteiger partial charge on any atom is 0.124 e. The summed E-state index contributed by atoms with van der Waals surface area (Å²) in [4.78, 5) is 0. The van der Waals surface area contributed by atoms with Gasteiger partial charge in [-0.2, -0.15) is 11.8 Å². The van der Waals surface area contributed by atoms with Gasteiger partial charge in [0.2, 0.25) is 0 Å². The van der Waals surface area contributed by atoms with Gasteiger partial charge in [0.1, 0.15) is 5.82 Å². The molecule has 0 heterocycles. The lowest BCUT2D eigenvalue weighted by Gasteiger charge is -2.05. The Morgan fingerprint density at radius 2 is 2.16 bits per heavy atom. The quantitative estimate of drug-likeness (QED) is 0.602. The van der Waals surface area contributed by atoms with Crippen LogP contribution in [0.25, 0.3) is 0 Å². The fourth-order valence-electron chi connectivity index (χ4n) is 1.64. The van der Waals surface area contributed by atoms with E-state index in [2.05, 4.69) is 18.8 Å². The van der Waals surface area contributed by atoms with Crippen LogP contribution in [-0.4, -0.2) is 17.5 Å². The van der Waals surface area contributed by atoms with Crippen LogP contribution in [0.1, 0.15) is 43.7 Å².